The molecule has 2 amide bonds. The van der Waals surface area contributed by atoms with Crippen LogP contribution in [0.1, 0.15) is 29.6 Å². The minimum absolute atomic E-state index is 0.0864. The molecule has 1 aromatic rings. The number of ether oxygens (including phenoxy) is 2. The van der Waals surface area contributed by atoms with Crippen molar-refractivity contribution in [1.29, 1.82) is 0 Å². The van der Waals surface area contributed by atoms with Crippen molar-refractivity contribution in [2.24, 2.45) is 5.92 Å². The molecular formula is C17H20N2O6. The van der Waals surface area contributed by atoms with Gasteiger partial charge in [-0.2, -0.15) is 0 Å². The fraction of sp³-hybridized carbons (Fsp3) is 0.471. The van der Waals surface area contributed by atoms with Crippen molar-refractivity contribution < 1.29 is 29.0 Å². The number of likely N-dealkylation sites (tertiary alicyclic amines) is 1. The van der Waals surface area contributed by atoms with Crippen LogP contribution in [-0.4, -0.2) is 54.2 Å². The van der Waals surface area contributed by atoms with Crippen LogP contribution in [0, 0.1) is 5.92 Å². The predicted molar refractivity (Wildman–Crippen MR) is 86.5 cm³/mol. The minimum Gasteiger partial charge on any atom is -0.481 e. The zero-order valence-electron chi connectivity index (χ0n) is 13.7. The summed E-state index contributed by atoms with van der Waals surface area (Å²) in [5.74, 6) is -0.0999. The molecule has 2 aliphatic rings. The first-order valence-corrected chi connectivity index (χ1v) is 8.20. The van der Waals surface area contributed by atoms with Crippen LogP contribution in [0.15, 0.2) is 18.2 Å². The molecule has 0 radical (unpaired) electrons. The summed E-state index contributed by atoms with van der Waals surface area (Å²) in [5, 5.41) is 11.4. The van der Waals surface area contributed by atoms with Gasteiger partial charge in [-0.05, 0) is 37.0 Å². The highest BCUT2D eigenvalue weighted by Gasteiger charge is 2.24. The Kier molecular flexibility index (Phi) is 5.06. The van der Waals surface area contributed by atoms with Crippen LogP contribution in [0.5, 0.6) is 11.5 Å². The number of carbonyl (C=O) groups is 3. The second-order valence-electron chi connectivity index (χ2n) is 6.17. The number of piperidine rings is 1. The molecule has 2 N–H and O–H groups in total. The molecule has 1 fully saturated rings. The molecule has 25 heavy (non-hydrogen) atoms. The number of hydrogen-bond donors (Lipinski definition) is 2. The van der Waals surface area contributed by atoms with Gasteiger partial charge in [-0.1, -0.05) is 0 Å². The van der Waals surface area contributed by atoms with Crippen LogP contribution in [0.25, 0.3) is 0 Å². The Balaban J connectivity index is 1.46. The number of nitrogens with one attached hydrogen (secondary N) is 1. The summed E-state index contributed by atoms with van der Waals surface area (Å²) in [6.45, 7) is 1.10. The Morgan fingerprint density at radius 3 is 2.60 bits per heavy atom. The van der Waals surface area contributed by atoms with E-state index in [1.165, 1.54) is 0 Å². The van der Waals surface area contributed by atoms with E-state index in [1.807, 2.05) is 0 Å². The lowest BCUT2D eigenvalue weighted by Crippen LogP contribution is -2.44. The molecule has 0 aromatic heterocycles. The van der Waals surface area contributed by atoms with E-state index < -0.39 is 5.97 Å². The zero-order valence-corrected chi connectivity index (χ0v) is 13.7. The predicted octanol–water partition coefficient (Wildman–Crippen LogP) is 0.858. The van der Waals surface area contributed by atoms with E-state index in [1.54, 1.807) is 23.1 Å². The second-order valence-corrected chi connectivity index (χ2v) is 6.17. The zero-order chi connectivity index (χ0) is 17.8. The number of rotatable bonds is 5. The van der Waals surface area contributed by atoms with Crippen LogP contribution < -0.4 is 14.8 Å². The fourth-order valence-electron chi connectivity index (χ4n) is 3.04. The summed E-state index contributed by atoms with van der Waals surface area (Å²) < 4.78 is 10.4. The van der Waals surface area contributed by atoms with Crippen molar-refractivity contribution in [2.45, 2.75) is 19.3 Å². The van der Waals surface area contributed by atoms with E-state index in [0.717, 1.165) is 0 Å². The summed E-state index contributed by atoms with van der Waals surface area (Å²) in [5.41, 5.74) is 0.400. The third kappa shape index (κ3) is 4.20. The molecule has 2 aliphatic heterocycles. The molecular weight excluding hydrogens is 328 g/mol. The van der Waals surface area contributed by atoms with Crippen molar-refractivity contribution in [1.82, 2.24) is 10.2 Å². The second kappa shape index (κ2) is 7.42. The van der Waals surface area contributed by atoms with Gasteiger partial charge < -0.3 is 24.8 Å². The molecule has 2 heterocycles. The van der Waals surface area contributed by atoms with E-state index in [4.69, 9.17) is 14.6 Å². The van der Waals surface area contributed by atoms with Crippen LogP contribution in [-0.2, 0) is 9.59 Å². The van der Waals surface area contributed by atoms with Gasteiger partial charge >= 0.3 is 5.97 Å². The van der Waals surface area contributed by atoms with Gasteiger partial charge in [-0.25, -0.2) is 0 Å². The van der Waals surface area contributed by atoms with Crippen molar-refractivity contribution >= 4 is 17.8 Å². The Labute approximate surface area is 144 Å². The Morgan fingerprint density at radius 2 is 1.88 bits per heavy atom. The first-order valence-electron chi connectivity index (χ1n) is 8.20. The van der Waals surface area contributed by atoms with Crippen molar-refractivity contribution in [2.75, 3.05) is 26.4 Å². The maximum Gasteiger partial charge on any atom is 0.303 e. The van der Waals surface area contributed by atoms with Crippen LogP contribution in [0.4, 0.5) is 0 Å². The number of carbonyl (C=O) groups excluding carboxylic acids is 2. The average molecular weight is 348 g/mol. The number of aliphatic carboxylic acids is 1. The highest BCUT2D eigenvalue weighted by Crippen LogP contribution is 2.32. The maximum atomic E-state index is 12.2. The van der Waals surface area contributed by atoms with Gasteiger partial charge in [0.25, 0.3) is 5.91 Å². The molecule has 8 heteroatoms. The molecule has 0 unspecified atom stereocenters. The summed E-state index contributed by atoms with van der Waals surface area (Å²) in [7, 11) is 0. The summed E-state index contributed by atoms with van der Waals surface area (Å²) >= 11 is 0. The molecule has 0 atom stereocenters. The highest BCUT2D eigenvalue weighted by molar-refractivity contribution is 5.97. The number of nitrogens with zero attached hydrogens (tertiary/aromatic N) is 1. The number of hydrogen-bond acceptors (Lipinski definition) is 5. The number of carboxylic acid groups (broad SMARTS) is 1. The minimum atomic E-state index is -0.805. The van der Waals surface area contributed by atoms with Gasteiger partial charge in [-0.15, -0.1) is 0 Å². The number of benzene rings is 1. The fourth-order valence-corrected chi connectivity index (χ4v) is 3.04. The normalized spacial score (nSPS) is 16.6. The van der Waals surface area contributed by atoms with Gasteiger partial charge in [0.1, 0.15) is 0 Å². The number of fused-ring (bicyclic) bond motifs is 1. The summed E-state index contributed by atoms with van der Waals surface area (Å²) in [4.78, 5) is 36.7. The van der Waals surface area contributed by atoms with Crippen molar-refractivity contribution in [3.05, 3.63) is 23.8 Å². The molecule has 0 spiro atoms. The molecule has 1 aromatic carbocycles. The van der Waals surface area contributed by atoms with Crippen LogP contribution >= 0.6 is 0 Å². The molecule has 0 saturated carbocycles. The largest absolute Gasteiger partial charge is 0.481 e. The van der Waals surface area contributed by atoms with E-state index in [-0.39, 0.29) is 37.5 Å². The quantitative estimate of drug-likeness (QED) is 0.818. The summed E-state index contributed by atoms with van der Waals surface area (Å²) in [6, 6.07) is 4.86. The first-order chi connectivity index (χ1) is 12.0. The monoisotopic (exact) mass is 348 g/mol. The van der Waals surface area contributed by atoms with Crippen LogP contribution in [0.2, 0.25) is 0 Å². The smallest absolute Gasteiger partial charge is 0.303 e. The van der Waals surface area contributed by atoms with Gasteiger partial charge in [-0.3, -0.25) is 14.4 Å². The standard InChI is InChI=1S/C17H20N2O6/c20-15(19-5-3-11(4-6-19)7-16(21)22)9-18-17(23)12-1-2-13-14(8-12)25-10-24-13/h1-2,8,11H,3-7,9-10H2,(H,18,23)(H,21,22). The Hall–Kier alpha value is -2.77. The number of amides is 2. The van der Waals surface area contributed by atoms with E-state index >= 15 is 0 Å². The van der Waals surface area contributed by atoms with Gasteiger partial charge in [0.15, 0.2) is 11.5 Å². The average Bonchev–Trinajstić information content (AvgIpc) is 3.07. The topological polar surface area (TPSA) is 105 Å². The third-order valence-corrected chi connectivity index (χ3v) is 4.47. The van der Waals surface area contributed by atoms with Crippen LogP contribution in [0.3, 0.4) is 0 Å². The molecule has 1 saturated heterocycles. The first kappa shape index (κ1) is 17.1. The highest BCUT2D eigenvalue weighted by atomic mass is 16.7. The molecule has 0 bridgehead atoms. The molecule has 8 nitrogen and oxygen atoms in total. The molecule has 3 rings (SSSR count). The lowest BCUT2D eigenvalue weighted by molar-refractivity contribution is -0.138. The molecule has 0 aliphatic carbocycles. The van der Waals surface area contributed by atoms with Gasteiger partial charge in [0, 0.05) is 25.1 Å². The van der Waals surface area contributed by atoms with E-state index in [9.17, 15) is 14.4 Å². The number of carboxylic acids is 1. The van der Waals surface area contributed by atoms with Gasteiger partial charge in [0.05, 0.1) is 6.54 Å². The Morgan fingerprint density at radius 1 is 1.16 bits per heavy atom. The van der Waals surface area contributed by atoms with Crippen molar-refractivity contribution in [3.63, 3.8) is 0 Å². The van der Waals surface area contributed by atoms with E-state index in [0.29, 0.717) is 43.0 Å². The van der Waals surface area contributed by atoms with Crippen molar-refractivity contribution in [3.8, 4) is 11.5 Å². The Bertz CT molecular complexity index is 682. The van der Waals surface area contributed by atoms with E-state index in [2.05, 4.69) is 5.32 Å². The van der Waals surface area contributed by atoms with Gasteiger partial charge in [0.2, 0.25) is 12.7 Å². The molecule has 134 valence electrons. The third-order valence-electron chi connectivity index (χ3n) is 4.47. The summed E-state index contributed by atoms with van der Waals surface area (Å²) in [6.07, 6.45) is 1.49. The SMILES string of the molecule is O=C(O)CC1CCN(C(=O)CNC(=O)c2ccc3c(c2)OCO3)CC1. The lowest BCUT2D eigenvalue weighted by atomic mass is 9.93. The lowest BCUT2D eigenvalue weighted by Gasteiger charge is -2.31. The maximum absolute atomic E-state index is 12.2.